The average Bonchev–Trinajstić information content (AvgIpc) is 2.32. The van der Waals surface area contributed by atoms with Gasteiger partial charge < -0.3 is 9.07 Å². The van der Waals surface area contributed by atoms with E-state index in [0.29, 0.717) is 0 Å². The van der Waals surface area contributed by atoms with E-state index in [1.54, 1.807) is 0 Å². The second kappa shape index (κ2) is 5.71. The minimum atomic E-state index is -0.393. The van der Waals surface area contributed by atoms with Crippen LogP contribution in [0.25, 0.3) is 11.1 Å². The molecule has 16 heavy (non-hydrogen) atoms. The molecule has 2 aromatic rings. The van der Waals surface area contributed by atoms with E-state index in [2.05, 4.69) is 55.5 Å². The Labute approximate surface area is 110 Å². The Bertz CT molecular complexity index is 445. The molecule has 0 aliphatic heterocycles. The summed E-state index contributed by atoms with van der Waals surface area (Å²) in [5.41, 5.74) is 5.21. The van der Waals surface area contributed by atoms with Gasteiger partial charge >= 0.3 is 19.3 Å². The molecule has 78 valence electrons. The van der Waals surface area contributed by atoms with Gasteiger partial charge in [-0.05, 0) is 18.1 Å². The lowest BCUT2D eigenvalue weighted by atomic mass is 10.0. The zero-order chi connectivity index (χ0) is 11.4. The smallest absolute Gasteiger partial charge is 0.345 e. The van der Waals surface area contributed by atoms with E-state index < -0.39 is 19.3 Å². The van der Waals surface area contributed by atoms with Crippen LogP contribution in [0.2, 0.25) is 0 Å². The van der Waals surface area contributed by atoms with Crippen LogP contribution < -0.4 is 0 Å². The zero-order valence-electron chi connectivity index (χ0n) is 9.41. The first-order chi connectivity index (χ1) is 7.79. The lowest BCUT2D eigenvalue weighted by Crippen LogP contribution is -1.88. The van der Waals surface area contributed by atoms with Crippen molar-refractivity contribution in [1.29, 1.82) is 0 Å². The second-order valence-electron chi connectivity index (χ2n) is 4.00. The van der Waals surface area contributed by atoms with Gasteiger partial charge in [0, 0.05) is 0 Å². The van der Waals surface area contributed by atoms with Gasteiger partial charge in [-0.3, -0.25) is 0 Å². The third-order valence-corrected chi connectivity index (χ3v) is 4.06. The molecule has 0 bridgehead atoms. The van der Waals surface area contributed by atoms with E-state index in [1.165, 1.54) is 22.3 Å². The minimum Gasteiger partial charge on any atom is -0.345 e. The van der Waals surface area contributed by atoms with E-state index in [0.717, 1.165) is 4.55 Å². The first-order valence-corrected chi connectivity index (χ1v) is 8.65. The Balaban J connectivity index is 2.24. The Morgan fingerprint density at radius 3 is 1.88 bits per heavy atom. The number of hydrogen-bond donors (Lipinski definition) is 0. The highest BCUT2D eigenvalue weighted by atomic mass is 35.5. The summed E-state index contributed by atoms with van der Waals surface area (Å²) in [6, 6.07) is 17.4. The third-order valence-electron chi connectivity index (χ3n) is 2.72. The van der Waals surface area contributed by atoms with Crippen molar-refractivity contribution in [3.63, 3.8) is 0 Å². The van der Waals surface area contributed by atoms with Crippen LogP contribution in [-0.4, -0.2) is 19.3 Å². The zero-order valence-corrected chi connectivity index (χ0v) is 11.6. The van der Waals surface area contributed by atoms with Gasteiger partial charge in [0.2, 0.25) is 0 Å². The molecule has 0 atom stereocenters. The monoisotopic (exact) mass is 240 g/mol. The number of halogens is 1. The van der Waals surface area contributed by atoms with Crippen molar-refractivity contribution >= 4 is 28.3 Å². The van der Waals surface area contributed by atoms with E-state index in [-0.39, 0.29) is 0 Å². The maximum atomic E-state index is 5.85. The summed E-state index contributed by atoms with van der Waals surface area (Å²) in [5, 5.41) is 0. The molecule has 0 aliphatic carbocycles. The maximum absolute atomic E-state index is 5.85. The average molecular weight is 241 g/mol. The molecule has 0 saturated heterocycles. The molecule has 0 heterocycles. The molecule has 2 heteroatoms. The number of benzene rings is 2. The topological polar surface area (TPSA) is 0 Å². The van der Waals surface area contributed by atoms with Gasteiger partial charge in [-0.15, -0.1) is 0 Å². The van der Waals surface area contributed by atoms with E-state index >= 15 is 0 Å². The Kier molecular flexibility index (Phi) is 4.27. The summed E-state index contributed by atoms with van der Waals surface area (Å²) < 4.78 is 1.08. The third kappa shape index (κ3) is 3.00. The summed E-state index contributed by atoms with van der Waals surface area (Å²) in [7, 11) is 5.85. The fraction of sp³-hybridized carbons (Fsp3) is 0.143. The maximum Gasteiger partial charge on any atom is 0.505 e. The largest absolute Gasteiger partial charge is 0.505 e. The lowest BCUT2D eigenvalue weighted by Gasteiger charge is -2.04. The molecular weight excluding hydrogens is 228 g/mol. The predicted molar refractivity (Wildman–Crippen MR) is 71.9 cm³/mol. The molecule has 0 fully saturated rings. The lowest BCUT2D eigenvalue weighted by molar-refractivity contribution is 1.39. The Hall–Kier alpha value is -0.504. The van der Waals surface area contributed by atoms with Gasteiger partial charge in [-0.1, -0.05) is 64.2 Å². The van der Waals surface area contributed by atoms with E-state index in [4.69, 9.17) is 9.07 Å². The van der Waals surface area contributed by atoms with Gasteiger partial charge in [0.15, 0.2) is 0 Å². The van der Waals surface area contributed by atoms with Crippen molar-refractivity contribution in [2.24, 2.45) is 0 Å². The Morgan fingerprint density at radius 2 is 1.38 bits per heavy atom. The van der Waals surface area contributed by atoms with Crippen LogP contribution in [0.5, 0.6) is 0 Å². The van der Waals surface area contributed by atoms with Gasteiger partial charge in [-0.2, -0.15) is 0 Å². The SMILES string of the molecule is Cc1ccc(-c2ccc([CH2][Mg][Cl])cc2)cc1. The molecule has 0 amide bonds. The van der Waals surface area contributed by atoms with Gasteiger partial charge in [0.1, 0.15) is 0 Å². The summed E-state index contributed by atoms with van der Waals surface area (Å²) >= 11 is -0.393. The van der Waals surface area contributed by atoms with Crippen LogP contribution in [0.15, 0.2) is 48.5 Å². The predicted octanol–water partition coefficient (Wildman–Crippen LogP) is 4.02. The van der Waals surface area contributed by atoms with Gasteiger partial charge in [0.25, 0.3) is 0 Å². The molecule has 0 aliphatic rings. The molecule has 0 saturated carbocycles. The molecule has 0 N–H and O–H groups in total. The van der Waals surface area contributed by atoms with Crippen molar-refractivity contribution in [2.75, 3.05) is 0 Å². The fourth-order valence-corrected chi connectivity index (χ4v) is 2.93. The van der Waals surface area contributed by atoms with Crippen molar-refractivity contribution < 1.29 is 0 Å². The quantitative estimate of drug-likeness (QED) is 0.712. The molecule has 0 radical (unpaired) electrons. The molecule has 0 aromatic heterocycles. The van der Waals surface area contributed by atoms with E-state index in [1.807, 2.05) is 0 Å². The number of aryl methyl sites for hydroxylation is 1. The molecule has 0 unspecified atom stereocenters. The van der Waals surface area contributed by atoms with Crippen LogP contribution in [0.1, 0.15) is 11.1 Å². The molecule has 2 rings (SSSR count). The number of rotatable bonds is 3. The van der Waals surface area contributed by atoms with Crippen LogP contribution in [0.3, 0.4) is 0 Å². The van der Waals surface area contributed by atoms with Crippen molar-refractivity contribution in [2.45, 2.75) is 11.5 Å². The summed E-state index contributed by atoms with van der Waals surface area (Å²) in [4.78, 5) is 0. The summed E-state index contributed by atoms with van der Waals surface area (Å²) in [6.45, 7) is 2.11. The van der Waals surface area contributed by atoms with E-state index in [9.17, 15) is 0 Å². The normalized spacial score (nSPS) is 9.88. The van der Waals surface area contributed by atoms with Crippen molar-refractivity contribution in [1.82, 2.24) is 0 Å². The Morgan fingerprint density at radius 1 is 0.875 bits per heavy atom. The second-order valence-corrected chi connectivity index (χ2v) is 6.01. The van der Waals surface area contributed by atoms with Crippen LogP contribution in [0.4, 0.5) is 0 Å². The first kappa shape index (κ1) is 12.0. The fourth-order valence-electron chi connectivity index (χ4n) is 1.72. The number of hydrogen-bond acceptors (Lipinski definition) is 0. The molecular formula is C14H13ClMg. The van der Waals surface area contributed by atoms with Crippen LogP contribution in [-0.2, 0) is 4.55 Å². The summed E-state index contributed by atoms with van der Waals surface area (Å²) in [5.74, 6) is 0. The molecule has 2 aromatic carbocycles. The highest BCUT2D eigenvalue weighted by molar-refractivity contribution is 6.93. The van der Waals surface area contributed by atoms with Crippen LogP contribution >= 0.6 is 9.07 Å². The highest BCUT2D eigenvalue weighted by Gasteiger charge is 1.98. The molecule has 0 nitrogen and oxygen atoms in total. The molecule has 0 spiro atoms. The van der Waals surface area contributed by atoms with Crippen molar-refractivity contribution in [3.8, 4) is 11.1 Å². The highest BCUT2D eigenvalue weighted by Crippen LogP contribution is 2.20. The summed E-state index contributed by atoms with van der Waals surface area (Å²) in [6.07, 6.45) is 0. The van der Waals surface area contributed by atoms with Gasteiger partial charge in [-0.25, -0.2) is 0 Å². The first-order valence-electron chi connectivity index (χ1n) is 5.51. The van der Waals surface area contributed by atoms with Crippen molar-refractivity contribution in [3.05, 3.63) is 59.7 Å². The van der Waals surface area contributed by atoms with Crippen LogP contribution in [0, 0.1) is 6.92 Å². The van der Waals surface area contributed by atoms with Gasteiger partial charge in [0.05, 0.1) is 0 Å². The standard InChI is InChI=1S/C14H13.ClH.Mg/c1-11-3-7-13(8-4-11)14-9-5-12(2)6-10-14;;/h3-10H,1H2,2H3;1H;/q;;+1/p-1. The minimum absolute atomic E-state index is 0.393.